The van der Waals surface area contributed by atoms with Crippen molar-refractivity contribution in [2.75, 3.05) is 14.2 Å². The van der Waals surface area contributed by atoms with Gasteiger partial charge in [0, 0.05) is 29.8 Å². The maximum atomic E-state index is 12.6. The molecule has 1 aliphatic rings. The van der Waals surface area contributed by atoms with Crippen LogP contribution in [0.3, 0.4) is 0 Å². The molecule has 4 nitrogen and oxygen atoms in total. The SMILES string of the molecule is CNC1CCC(NCc2cc(-c3ccc(C(=O)C(F)(F)F)cc3)ccc2OC)CC1. The number of ketones is 1. The monoisotopic (exact) mass is 420 g/mol. The highest BCUT2D eigenvalue weighted by Gasteiger charge is 2.39. The van der Waals surface area contributed by atoms with E-state index >= 15 is 0 Å². The Morgan fingerprint density at radius 1 is 1.00 bits per heavy atom. The highest BCUT2D eigenvalue weighted by atomic mass is 19.4. The lowest BCUT2D eigenvalue weighted by Crippen LogP contribution is -2.38. The number of hydrogen-bond acceptors (Lipinski definition) is 4. The van der Waals surface area contributed by atoms with Crippen molar-refractivity contribution in [3.05, 3.63) is 53.6 Å². The smallest absolute Gasteiger partial charge is 0.454 e. The second-order valence-corrected chi connectivity index (χ2v) is 7.65. The summed E-state index contributed by atoms with van der Waals surface area (Å²) < 4.78 is 43.3. The molecule has 0 saturated heterocycles. The van der Waals surface area contributed by atoms with Crippen LogP contribution in [0, 0.1) is 0 Å². The quantitative estimate of drug-likeness (QED) is 0.636. The number of ether oxygens (including phenoxy) is 1. The fourth-order valence-electron chi connectivity index (χ4n) is 3.91. The molecule has 162 valence electrons. The zero-order valence-corrected chi connectivity index (χ0v) is 17.2. The number of Topliss-reactive ketones (excluding diaryl/α,β-unsaturated/α-hetero) is 1. The van der Waals surface area contributed by atoms with E-state index in [-0.39, 0.29) is 5.56 Å². The number of carbonyl (C=O) groups excluding carboxylic acids is 1. The molecule has 1 aliphatic carbocycles. The molecule has 0 heterocycles. The first-order valence-electron chi connectivity index (χ1n) is 10.1. The van der Waals surface area contributed by atoms with Gasteiger partial charge in [0.05, 0.1) is 7.11 Å². The molecule has 7 heteroatoms. The van der Waals surface area contributed by atoms with Crippen LogP contribution < -0.4 is 15.4 Å². The van der Waals surface area contributed by atoms with Crippen LogP contribution in [0.5, 0.6) is 5.75 Å². The summed E-state index contributed by atoms with van der Waals surface area (Å²) in [6.45, 7) is 0.649. The largest absolute Gasteiger partial charge is 0.496 e. The van der Waals surface area contributed by atoms with Crippen molar-refractivity contribution in [1.82, 2.24) is 10.6 Å². The second-order valence-electron chi connectivity index (χ2n) is 7.65. The average Bonchev–Trinajstić information content (AvgIpc) is 2.76. The molecular weight excluding hydrogens is 393 g/mol. The van der Waals surface area contributed by atoms with Gasteiger partial charge in [-0.25, -0.2) is 0 Å². The second kappa shape index (κ2) is 9.62. The predicted molar refractivity (Wildman–Crippen MR) is 111 cm³/mol. The van der Waals surface area contributed by atoms with E-state index in [4.69, 9.17) is 4.74 Å². The van der Waals surface area contributed by atoms with Gasteiger partial charge in [-0.15, -0.1) is 0 Å². The van der Waals surface area contributed by atoms with Gasteiger partial charge < -0.3 is 15.4 Å². The van der Waals surface area contributed by atoms with Gasteiger partial charge in [0.25, 0.3) is 5.78 Å². The fourth-order valence-corrected chi connectivity index (χ4v) is 3.91. The predicted octanol–water partition coefficient (Wildman–Crippen LogP) is 4.73. The van der Waals surface area contributed by atoms with Crippen molar-refractivity contribution in [3.63, 3.8) is 0 Å². The molecular formula is C23H27F3N2O2. The summed E-state index contributed by atoms with van der Waals surface area (Å²) in [5, 5.41) is 6.93. The van der Waals surface area contributed by atoms with Gasteiger partial charge in [-0.05, 0) is 56.0 Å². The van der Waals surface area contributed by atoms with E-state index in [1.54, 1.807) is 7.11 Å². The number of halogens is 3. The van der Waals surface area contributed by atoms with Gasteiger partial charge in [0.2, 0.25) is 0 Å². The zero-order valence-electron chi connectivity index (χ0n) is 17.2. The Balaban J connectivity index is 1.72. The lowest BCUT2D eigenvalue weighted by atomic mass is 9.91. The molecule has 1 saturated carbocycles. The molecule has 0 radical (unpaired) electrons. The Morgan fingerprint density at radius 2 is 1.60 bits per heavy atom. The normalized spacial score (nSPS) is 19.5. The van der Waals surface area contributed by atoms with Crippen molar-refractivity contribution >= 4 is 5.78 Å². The van der Waals surface area contributed by atoms with E-state index < -0.39 is 12.0 Å². The van der Waals surface area contributed by atoms with Crippen LogP contribution >= 0.6 is 0 Å². The van der Waals surface area contributed by atoms with E-state index in [1.807, 2.05) is 25.2 Å². The van der Waals surface area contributed by atoms with Crippen molar-refractivity contribution < 1.29 is 22.7 Å². The number of methoxy groups -OCH3 is 1. The van der Waals surface area contributed by atoms with Gasteiger partial charge >= 0.3 is 6.18 Å². The third-order valence-electron chi connectivity index (χ3n) is 5.73. The third-order valence-corrected chi connectivity index (χ3v) is 5.73. The molecule has 30 heavy (non-hydrogen) atoms. The molecule has 0 spiro atoms. The van der Waals surface area contributed by atoms with Crippen LogP contribution in [-0.2, 0) is 6.54 Å². The van der Waals surface area contributed by atoms with Crippen LogP contribution in [0.2, 0.25) is 0 Å². The summed E-state index contributed by atoms with van der Waals surface area (Å²) in [6, 6.07) is 12.3. The van der Waals surface area contributed by atoms with E-state index in [9.17, 15) is 18.0 Å². The molecule has 3 rings (SSSR count). The van der Waals surface area contributed by atoms with Gasteiger partial charge in [-0.2, -0.15) is 13.2 Å². The standard InChI is InChI=1S/C23H27F3N2O2/c1-27-19-8-10-20(11-9-19)28-14-18-13-17(7-12-21(18)30-2)15-3-5-16(6-4-15)22(29)23(24,25)26/h3-7,12-13,19-20,27-28H,8-11,14H2,1-2H3. The highest BCUT2D eigenvalue weighted by molar-refractivity contribution is 6.00. The average molecular weight is 420 g/mol. The minimum absolute atomic E-state index is 0.362. The van der Waals surface area contributed by atoms with Crippen molar-refractivity contribution in [3.8, 4) is 16.9 Å². The van der Waals surface area contributed by atoms with Crippen LogP contribution in [-0.4, -0.2) is 38.2 Å². The van der Waals surface area contributed by atoms with Crippen LogP contribution in [0.15, 0.2) is 42.5 Å². The number of benzene rings is 2. The maximum absolute atomic E-state index is 12.6. The molecule has 0 amide bonds. The van der Waals surface area contributed by atoms with Crippen LogP contribution in [0.1, 0.15) is 41.6 Å². The van der Waals surface area contributed by atoms with Crippen molar-refractivity contribution in [2.24, 2.45) is 0 Å². The van der Waals surface area contributed by atoms with Crippen molar-refractivity contribution in [2.45, 2.75) is 50.5 Å². The van der Waals surface area contributed by atoms with E-state index in [1.165, 1.54) is 24.3 Å². The van der Waals surface area contributed by atoms with Gasteiger partial charge in [-0.3, -0.25) is 4.79 Å². The summed E-state index contributed by atoms with van der Waals surface area (Å²) in [4.78, 5) is 11.4. The van der Waals surface area contributed by atoms with Gasteiger partial charge in [0.1, 0.15) is 5.75 Å². The van der Waals surface area contributed by atoms with Crippen molar-refractivity contribution in [1.29, 1.82) is 0 Å². The number of carbonyl (C=O) groups is 1. The minimum Gasteiger partial charge on any atom is -0.496 e. The van der Waals surface area contributed by atoms with E-state index in [2.05, 4.69) is 10.6 Å². The van der Waals surface area contributed by atoms with E-state index in [0.717, 1.165) is 48.1 Å². The maximum Gasteiger partial charge on any atom is 0.454 e. The number of alkyl halides is 3. The van der Waals surface area contributed by atoms with Crippen LogP contribution in [0.4, 0.5) is 13.2 Å². The first kappa shape index (κ1) is 22.3. The summed E-state index contributed by atoms with van der Waals surface area (Å²) >= 11 is 0. The Labute approximate surface area is 174 Å². The summed E-state index contributed by atoms with van der Waals surface area (Å²) in [6.07, 6.45) is -0.347. The number of nitrogens with one attached hydrogen (secondary N) is 2. The van der Waals surface area contributed by atoms with Gasteiger partial charge in [0.15, 0.2) is 0 Å². The topological polar surface area (TPSA) is 50.4 Å². The minimum atomic E-state index is -4.87. The summed E-state index contributed by atoms with van der Waals surface area (Å²) in [5.41, 5.74) is 2.23. The molecule has 0 atom stereocenters. The lowest BCUT2D eigenvalue weighted by Gasteiger charge is -2.29. The third kappa shape index (κ3) is 5.40. The van der Waals surface area contributed by atoms with Crippen LogP contribution in [0.25, 0.3) is 11.1 Å². The number of hydrogen-bond donors (Lipinski definition) is 2. The highest BCUT2D eigenvalue weighted by Crippen LogP contribution is 2.29. The lowest BCUT2D eigenvalue weighted by molar-refractivity contribution is -0.0885. The zero-order chi connectivity index (χ0) is 21.7. The Morgan fingerprint density at radius 3 is 2.17 bits per heavy atom. The Kier molecular flexibility index (Phi) is 7.15. The molecule has 1 fully saturated rings. The number of rotatable bonds is 7. The Bertz CT molecular complexity index is 858. The summed E-state index contributed by atoms with van der Waals surface area (Å²) in [5.74, 6) is -1.07. The summed E-state index contributed by atoms with van der Waals surface area (Å²) in [7, 11) is 3.62. The first-order chi connectivity index (χ1) is 14.3. The van der Waals surface area contributed by atoms with E-state index in [0.29, 0.717) is 18.6 Å². The molecule has 0 bridgehead atoms. The molecule has 2 aromatic carbocycles. The first-order valence-corrected chi connectivity index (χ1v) is 10.1. The molecule has 0 aromatic heterocycles. The molecule has 0 unspecified atom stereocenters. The molecule has 0 aliphatic heterocycles. The van der Waals surface area contributed by atoms with Gasteiger partial charge in [-0.1, -0.05) is 30.3 Å². The Hall–Kier alpha value is -2.38. The fraction of sp³-hybridized carbons (Fsp3) is 0.435. The molecule has 2 N–H and O–H groups in total. The molecule has 2 aromatic rings.